The number of para-hydroxylation sites is 1. The SMILES string of the molecule is c1ccc(-c2cc(-c3ccc4c(c3)c3ccccc3c3ccc5c6ccccc6oc5c34)cc(-c3nc(-c4ccccc4)nc(-c4ccccc4)n3)c2)cc1. The van der Waals surface area contributed by atoms with E-state index in [0.717, 1.165) is 66.3 Å². The molecule has 55 heavy (non-hydrogen) atoms. The summed E-state index contributed by atoms with van der Waals surface area (Å²) in [4.78, 5) is 15.2. The molecule has 0 saturated heterocycles. The van der Waals surface area contributed by atoms with Gasteiger partial charge in [0.25, 0.3) is 0 Å². The second-order valence-electron chi connectivity index (χ2n) is 14.0. The maximum absolute atomic E-state index is 6.63. The number of benzene rings is 9. The predicted molar refractivity (Wildman–Crippen MR) is 227 cm³/mol. The van der Waals surface area contributed by atoms with Gasteiger partial charge in [-0.2, -0.15) is 0 Å². The third-order valence-corrected chi connectivity index (χ3v) is 10.7. The van der Waals surface area contributed by atoms with Crippen LogP contribution >= 0.6 is 0 Å². The summed E-state index contributed by atoms with van der Waals surface area (Å²) in [6.45, 7) is 0. The number of fused-ring (bicyclic) bond motifs is 10. The summed E-state index contributed by atoms with van der Waals surface area (Å²) in [6.07, 6.45) is 0. The molecular formula is C51H31N3O. The van der Waals surface area contributed by atoms with Crippen molar-refractivity contribution in [3.05, 3.63) is 188 Å². The zero-order valence-electron chi connectivity index (χ0n) is 29.6. The van der Waals surface area contributed by atoms with Gasteiger partial charge in [0.1, 0.15) is 11.2 Å². The van der Waals surface area contributed by atoms with Crippen LogP contribution in [0.4, 0.5) is 0 Å². The van der Waals surface area contributed by atoms with Gasteiger partial charge in [0.15, 0.2) is 17.5 Å². The quantitative estimate of drug-likeness (QED) is 0.168. The molecule has 256 valence electrons. The Morgan fingerprint density at radius 3 is 1.38 bits per heavy atom. The zero-order valence-corrected chi connectivity index (χ0v) is 29.6. The van der Waals surface area contributed by atoms with Gasteiger partial charge in [-0.05, 0) is 85.6 Å². The molecule has 4 nitrogen and oxygen atoms in total. The molecule has 0 N–H and O–H groups in total. The molecule has 0 fully saturated rings. The molecule has 0 atom stereocenters. The van der Waals surface area contributed by atoms with Crippen molar-refractivity contribution in [2.24, 2.45) is 0 Å². The molecule has 0 radical (unpaired) electrons. The topological polar surface area (TPSA) is 51.8 Å². The van der Waals surface area contributed by atoms with E-state index < -0.39 is 0 Å². The molecule has 0 saturated carbocycles. The van der Waals surface area contributed by atoms with Crippen LogP contribution in [-0.4, -0.2) is 15.0 Å². The van der Waals surface area contributed by atoms with E-state index in [4.69, 9.17) is 19.4 Å². The molecule has 0 unspecified atom stereocenters. The van der Waals surface area contributed by atoms with Gasteiger partial charge in [-0.15, -0.1) is 0 Å². The molecule has 2 heterocycles. The highest BCUT2D eigenvalue weighted by molar-refractivity contribution is 6.32. The van der Waals surface area contributed by atoms with Crippen molar-refractivity contribution < 1.29 is 4.42 Å². The van der Waals surface area contributed by atoms with Gasteiger partial charge in [-0.25, -0.2) is 15.0 Å². The second-order valence-corrected chi connectivity index (χ2v) is 14.0. The van der Waals surface area contributed by atoms with Crippen molar-refractivity contribution in [1.29, 1.82) is 0 Å². The fraction of sp³-hybridized carbons (Fsp3) is 0. The van der Waals surface area contributed by atoms with E-state index in [1.54, 1.807) is 0 Å². The van der Waals surface area contributed by atoms with Crippen LogP contribution in [0.3, 0.4) is 0 Å². The van der Waals surface area contributed by atoms with Gasteiger partial charge in [0, 0.05) is 32.8 Å². The van der Waals surface area contributed by atoms with Crippen LogP contribution in [0.1, 0.15) is 0 Å². The highest BCUT2D eigenvalue weighted by Crippen LogP contribution is 2.43. The fourth-order valence-corrected chi connectivity index (χ4v) is 8.06. The first-order valence-electron chi connectivity index (χ1n) is 18.5. The van der Waals surface area contributed by atoms with Gasteiger partial charge in [-0.1, -0.05) is 152 Å². The lowest BCUT2D eigenvalue weighted by atomic mass is 9.90. The van der Waals surface area contributed by atoms with E-state index in [-0.39, 0.29) is 0 Å². The van der Waals surface area contributed by atoms with Crippen LogP contribution in [0.15, 0.2) is 192 Å². The number of furan rings is 1. The van der Waals surface area contributed by atoms with E-state index in [9.17, 15) is 0 Å². The van der Waals surface area contributed by atoms with E-state index >= 15 is 0 Å². The largest absolute Gasteiger partial charge is 0.455 e. The Kier molecular flexibility index (Phi) is 7.14. The number of rotatable bonds is 5. The van der Waals surface area contributed by atoms with Crippen molar-refractivity contribution in [2.75, 3.05) is 0 Å². The van der Waals surface area contributed by atoms with E-state index in [2.05, 4.69) is 121 Å². The standard InChI is InChI=1S/C51H31N3O/c1-4-14-32(15-5-1)36-28-37(30-38(29-36)51-53-49(33-16-6-2-7-17-33)52-50(54-51)34-18-8-3-9-19-34)35-24-25-43-45(31-35)40-21-11-10-20-39(40)42-26-27-44-41-22-12-13-23-46(41)55-48(44)47(42)43/h1-31H. The lowest BCUT2D eigenvalue weighted by Gasteiger charge is -2.14. The molecule has 0 bridgehead atoms. The van der Waals surface area contributed by atoms with Crippen molar-refractivity contribution in [3.63, 3.8) is 0 Å². The lowest BCUT2D eigenvalue weighted by molar-refractivity contribution is 0.673. The minimum atomic E-state index is 0.622. The monoisotopic (exact) mass is 701 g/mol. The van der Waals surface area contributed by atoms with Crippen molar-refractivity contribution in [3.8, 4) is 56.4 Å². The van der Waals surface area contributed by atoms with Crippen molar-refractivity contribution in [1.82, 2.24) is 15.0 Å². The fourth-order valence-electron chi connectivity index (χ4n) is 8.06. The summed E-state index contributed by atoms with van der Waals surface area (Å²) < 4.78 is 6.63. The Morgan fingerprint density at radius 2 is 0.727 bits per heavy atom. The van der Waals surface area contributed by atoms with Gasteiger partial charge in [0.05, 0.1) is 0 Å². The molecular weight excluding hydrogens is 671 g/mol. The Labute approximate surface area is 317 Å². The van der Waals surface area contributed by atoms with Crippen LogP contribution in [0.5, 0.6) is 0 Å². The summed E-state index contributed by atoms with van der Waals surface area (Å²) in [7, 11) is 0. The third kappa shape index (κ3) is 5.26. The first-order chi connectivity index (χ1) is 27.2. The molecule has 11 aromatic rings. The van der Waals surface area contributed by atoms with Gasteiger partial charge < -0.3 is 4.42 Å². The molecule has 2 aromatic heterocycles. The maximum Gasteiger partial charge on any atom is 0.164 e. The predicted octanol–water partition coefficient (Wildman–Crippen LogP) is 13.6. The first-order valence-corrected chi connectivity index (χ1v) is 18.5. The molecule has 4 heteroatoms. The van der Waals surface area contributed by atoms with Crippen molar-refractivity contribution >= 4 is 54.3 Å². The molecule has 0 amide bonds. The molecule has 0 aliphatic heterocycles. The number of hydrogen-bond donors (Lipinski definition) is 0. The van der Waals surface area contributed by atoms with Gasteiger partial charge in [0.2, 0.25) is 0 Å². The summed E-state index contributed by atoms with van der Waals surface area (Å²) in [6, 6.07) is 65.8. The summed E-state index contributed by atoms with van der Waals surface area (Å²) in [5.41, 5.74) is 9.01. The van der Waals surface area contributed by atoms with Crippen LogP contribution in [0.25, 0.3) is 111 Å². The van der Waals surface area contributed by atoms with E-state index in [0.29, 0.717) is 17.5 Å². The van der Waals surface area contributed by atoms with Crippen LogP contribution < -0.4 is 0 Å². The van der Waals surface area contributed by atoms with Crippen LogP contribution in [0.2, 0.25) is 0 Å². The third-order valence-electron chi connectivity index (χ3n) is 10.7. The van der Waals surface area contributed by atoms with E-state index in [1.807, 2.05) is 66.7 Å². The molecule has 0 aliphatic carbocycles. The number of nitrogens with zero attached hydrogens (tertiary/aromatic N) is 3. The average Bonchev–Trinajstić information content (AvgIpc) is 3.66. The molecule has 11 rings (SSSR count). The zero-order chi connectivity index (χ0) is 36.3. The van der Waals surface area contributed by atoms with Crippen LogP contribution in [0, 0.1) is 0 Å². The molecule has 0 aliphatic rings. The number of hydrogen-bond acceptors (Lipinski definition) is 4. The Morgan fingerprint density at radius 1 is 0.273 bits per heavy atom. The second kappa shape index (κ2) is 12.6. The lowest BCUT2D eigenvalue weighted by Crippen LogP contribution is -2.00. The number of aromatic nitrogens is 3. The van der Waals surface area contributed by atoms with Gasteiger partial charge in [-0.3, -0.25) is 0 Å². The van der Waals surface area contributed by atoms with E-state index in [1.165, 1.54) is 26.9 Å². The smallest absolute Gasteiger partial charge is 0.164 e. The summed E-state index contributed by atoms with van der Waals surface area (Å²) in [5.74, 6) is 1.89. The Hall–Kier alpha value is -7.43. The first kappa shape index (κ1) is 31.1. The Balaban J connectivity index is 1.17. The minimum Gasteiger partial charge on any atom is -0.455 e. The highest BCUT2D eigenvalue weighted by Gasteiger charge is 2.18. The van der Waals surface area contributed by atoms with Crippen LogP contribution in [-0.2, 0) is 0 Å². The Bertz CT molecular complexity index is 3190. The summed E-state index contributed by atoms with van der Waals surface area (Å²) >= 11 is 0. The molecule has 9 aromatic carbocycles. The highest BCUT2D eigenvalue weighted by atomic mass is 16.3. The van der Waals surface area contributed by atoms with Gasteiger partial charge >= 0.3 is 0 Å². The normalized spacial score (nSPS) is 11.6. The average molecular weight is 702 g/mol. The maximum atomic E-state index is 6.63. The molecule has 0 spiro atoms. The van der Waals surface area contributed by atoms with Crippen molar-refractivity contribution in [2.45, 2.75) is 0 Å². The minimum absolute atomic E-state index is 0.622. The summed E-state index contributed by atoms with van der Waals surface area (Å²) in [5, 5.41) is 9.35.